The topological polar surface area (TPSA) is 52.7 Å². The largest absolute Gasteiger partial charge is 0.317 e. The van der Waals surface area contributed by atoms with Gasteiger partial charge in [-0.15, -0.1) is 0 Å². The summed E-state index contributed by atoms with van der Waals surface area (Å²) in [4.78, 5) is 0. The first-order valence-electron chi connectivity index (χ1n) is 5.90. The van der Waals surface area contributed by atoms with Gasteiger partial charge in [0.25, 0.3) is 10.2 Å². The molecule has 0 saturated carbocycles. The van der Waals surface area contributed by atoms with Crippen molar-refractivity contribution in [3.05, 3.63) is 0 Å². The van der Waals surface area contributed by atoms with Crippen LogP contribution in [-0.2, 0) is 10.2 Å². The molecule has 1 N–H and O–H groups in total. The third-order valence-electron chi connectivity index (χ3n) is 3.12. The zero-order chi connectivity index (χ0) is 12.2. The summed E-state index contributed by atoms with van der Waals surface area (Å²) in [5.74, 6) is 0. The molecule has 0 radical (unpaired) electrons. The van der Waals surface area contributed by atoms with Crippen molar-refractivity contribution in [2.75, 3.05) is 33.7 Å². The second-order valence-corrected chi connectivity index (χ2v) is 6.42. The van der Waals surface area contributed by atoms with E-state index < -0.39 is 10.2 Å². The van der Waals surface area contributed by atoms with E-state index in [1.807, 2.05) is 6.92 Å². The van der Waals surface area contributed by atoms with Crippen molar-refractivity contribution in [1.82, 2.24) is 13.9 Å². The lowest BCUT2D eigenvalue weighted by molar-refractivity contribution is 0.278. The fourth-order valence-electron chi connectivity index (χ4n) is 2.01. The van der Waals surface area contributed by atoms with Gasteiger partial charge in [-0.2, -0.15) is 17.0 Å². The maximum Gasteiger partial charge on any atom is 0.281 e. The third kappa shape index (κ3) is 3.16. The van der Waals surface area contributed by atoms with Crippen LogP contribution in [0.25, 0.3) is 0 Å². The lowest BCUT2D eigenvalue weighted by Gasteiger charge is -2.33. The van der Waals surface area contributed by atoms with Gasteiger partial charge in [0.2, 0.25) is 0 Å². The van der Waals surface area contributed by atoms with Crippen LogP contribution in [0.2, 0.25) is 0 Å². The van der Waals surface area contributed by atoms with Crippen molar-refractivity contribution in [1.29, 1.82) is 0 Å². The minimum atomic E-state index is -3.26. The highest BCUT2D eigenvalue weighted by atomic mass is 32.2. The quantitative estimate of drug-likeness (QED) is 0.760. The summed E-state index contributed by atoms with van der Waals surface area (Å²) in [6.07, 6.45) is 2.64. The second kappa shape index (κ2) is 5.95. The molecule has 96 valence electrons. The van der Waals surface area contributed by atoms with Crippen LogP contribution in [0.1, 0.15) is 26.2 Å². The summed E-state index contributed by atoms with van der Waals surface area (Å²) in [6.45, 7) is 4.37. The molecule has 1 heterocycles. The molecular weight excluding hydrogens is 226 g/mol. The highest BCUT2D eigenvalue weighted by Gasteiger charge is 2.30. The number of nitrogens with zero attached hydrogens (tertiary/aromatic N) is 2. The van der Waals surface area contributed by atoms with Gasteiger partial charge in [0.15, 0.2) is 0 Å². The maximum absolute atomic E-state index is 12.2. The molecule has 1 rings (SSSR count). The van der Waals surface area contributed by atoms with E-state index in [-0.39, 0.29) is 6.04 Å². The summed E-state index contributed by atoms with van der Waals surface area (Å²) in [7, 11) is 0.0793. The molecule has 1 saturated heterocycles. The molecule has 0 unspecified atom stereocenters. The van der Waals surface area contributed by atoms with Gasteiger partial charge in [-0.05, 0) is 32.4 Å². The SMILES string of the molecule is CCCN(C)S(=O)(=O)N(C)C1CCNCC1. The van der Waals surface area contributed by atoms with Gasteiger partial charge < -0.3 is 5.32 Å². The van der Waals surface area contributed by atoms with E-state index in [0.29, 0.717) is 6.54 Å². The fourth-order valence-corrected chi connectivity index (χ4v) is 3.45. The van der Waals surface area contributed by atoms with E-state index in [0.717, 1.165) is 32.4 Å². The van der Waals surface area contributed by atoms with Crippen LogP contribution in [0.15, 0.2) is 0 Å². The van der Waals surface area contributed by atoms with Crippen LogP contribution < -0.4 is 5.32 Å². The summed E-state index contributed by atoms with van der Waals surface area (Å²) in [5.41, 5.74) is 0. The number of rotatable bonds is 5. The van der Waals surface area contributed by atoms with Crippen LogP contribution in [-0.4, -0.2) is 56.8 Å². The lowest BCUT2D eigenvalue weighted by atomic mass is 10.1. The molecule has 1 fully saturated rings. The number of nitrogens with one attached hydrogen (secondary N) is 1. The van der Waals surface area contributed by atoms with Gasteiger partial charge >= 0.3 is 0 Å². The summed E-state index contributed by atoms with van der Waals surface area (Å²) >= 11 is 0. The predicted molar refractivity (Wildman–Crippen MR) is 65.5 cm³/mol. The fraction of sp³-hybridized carbons (Fsp3) is 1.00. The Hall–Kier alpha value is -0.170. The monoisotopic (exact) mass is 249 g/mol. The molecule has 0 aliphatic carbocycles. The van der Waals surface area contributed by atoms with Crippen molar-refractivity contribution in [3.63, 3.8) is 0 Å². The second-order valence-electron chi connectivity index (χ2n) is 4.33. The minimum Gasteiger partial charge on any atom is -0.317 e. The van der Waals surface area contributed by atoms with Crippen LogP contribution in [0.5, 0.6) is 0 Å². The van der Waals surface area contributed by atoms with Crippen molar-refractivity contribution >= 4 is 10.2 Å². The van der Waals surface area contributed by atoms with Gasteiger partial charge in [0.05, 0.1) is 0 Å². The molecule has 0 aromatic rings. The Kier molecular flexibility index (Phi) is 5.17. The van der Waals surface area contributed by atoms with Crippen molar-refractivity contribution in [3.8, 4) is 0 Å². The van der Waals surface area contributed by atoms with Crippen LogP contribution in [0.3, 0.4) is 0 Å². The third-order valence-corrected chi connectivity index (χ3v) is 5.12. The van der Waals surface area contributed by atoms with Crippen LogP contribution >= 0.6 is 0 Å². The molecule has 5 nitrogen and oxygen atoms in total. The van der Waals surface area contributed by atoms with E-state index in [2.05, 4.69) is 5.32 Å². The summed E-state index contributed by atoms with van der Waals surface area (Å²) in [6, 6.07) is 0.144. The van der Waals surface area contributed by atoms with E-state index in [1.165, 1.54) is 8.61 Å². The first-order valence-corrected chi connectivity index (χ1v) is 7.30. The van der Waals surface area contributed by atoms with Crippen molar-refractivity contribution in [2.24, 2.45) is 0 Å². The molecular formula is C10H23N3O2S. The molecule has 0 spiro atoms. The predicted octanol–water partition coefficient (Wildman–Crippen LogP) is 0.257. The zero-order valence-corrected chi connectivity index (χ0v) is 11.3. The van der Waals surface area contributed by atoms with Crippen LogP contribution in [0, 0.1) is 0 Å². The van der Waals surface area contributed by atoms with Crippen molar-refractivity contribution in [2.45, 2.75) is 32.2 Å². The molecule has 16 heavy (non-hydrogen) atoms. The Labute approximate surface area is 99.0 Å². The Morgan fingerprint density at radius 3 is 2.31 bits per heavy atom. The molecule has 0 aromatic carbocycles. The zero-order valence-electron chi connectivity index (χ0n) is 10.4. The Morgan fingerprint density at radius 1 is 1.25 bits per heavy atom. The molecule has 0 atom stereocenters. The van der Waals surface area contributed by atoms with Gasteiger partial charge in [-0.25, -0.2) is 0 Å². The van der Waals surface area contributed by atoms with Crippen molar-refractivity contribution < 1.29 is 8.42 Å². The Bertz CT molecular complexity index is 299. The van der Waals surface area contributed by atoms with Crippen LogP contribution in [0.4, 0.5) is 0 Å². The average Bonchev–Trinajstić information content (AvgIpc) is 2.29. The van der Waals surface area contributed by atoms with E-state index in [4.69, 9.17) is 0 Å². The number of hydrogen-bond acceptors (Lipinski definition) is 3. The number of piperidine rings is 1. The maximum atomic E-state index is 12.2. The lowest BCUT2D eigenvalue weighted by Crippen LogP contribution is -2.48. The minimum absolute atomic E-state index is 0.144. The van der Waals surface area contributed by atoms with Gasteiger partial charge in [0.1, 0.15) is 0 Å². The molecule has 1 aliphatic heterocycles. The highest BCUT2D eigenvalue weighted by molar-refractivity contribution is 7.86. The van der Waals surface area contributed by atoms with Gasteiger partial charge in [-0.1, -0.05) is 6.92 Å². The highest BCUT2D eigenvalue weighted by Crippen LogP contribution is 2.16. The number of hydrogen-bond donors (Lipinski definition) is 1. The molecule has 0 bridgehead atoms. The van der Waals surface area contributed by atoms with Gasteiger partial charge in [0, 0.05) is 26.7 Å². The Balaban J connectivity index is 2.66. The standard InChI is InChI=1S/C10H23N3O2S/c1-4-9-12(2)16(14,15)13(3)10-5-7-11-8-6-10/h10-11H,4-9H2,1-3H3. The molecule has 0 aromatic heterocycles. The van der Waals surface area contributed by atoms with Gasteiger partial charge in [-0.3, -0.25) is 0 Å². The summed E-state index contributed by atoms with van der Waals surface area (Å²) in [5, 5.41) is 3.24. The summed E-state index contributed by atoms with van der Waals surface area (Å²) < 4.78 is 27.3. The molecule has 6 heteroatoms. The van der Waals surface area contributed by atoms with E-state index >= 15 is 0 Å². The van der Waals surface area contributed by atoms with E-state index in [1.54, 1.807) is 14.1 Å². The Morgan fingerprint density at radius 2 is 1.81 bits per heavy atom. The first-order chi connectivity index (χ1) is 7.50. The normalized spacial score (nSPS) is 19.6. The molecule has 0 amide bonds. The first kappa shape index (κ1) is 13.9. The molecule has 1 aliphatic rings. The van der Waals surface area contributed by atoms with E-state index in [9.17, 15) is 8.42 Å². The average molecular weight is 249 g/mol. The smallest absolute Gasteiger partial charge is 0.281 e.